The van der Waals surface area contributed by atoms with E-state index in [-0.39, 0.29) is 0 Å². The minimum atomic E-state index is 0.887. The van der Waals surface area contributed by atoms with Crippen LogP contribution < -0.4 is 0 Å². The smallest absolute Gasteiger partial charge is 0.0384 e. The fourth-order valence-electron chi connectivity index (χ4n) is 3.63. The topological polar surface area (TPSA) is 12.4 Å². The molecule has 2 atom stereocenters. The fraction of sp³-hybridized carbons (Fsp3) is 0.941. The van der Waals surface area contributed by atoms with Crippen LogP contribution in [0.15, 0.2) is 4.99 Å². The minimum Gasteiger partial charge on any atom is -0.301 e. The summed E-state index contributed by atoms with van der Waals surface area (Å²) in [6.45, 7) is 9.26. The predicted molar refractivity (Wildman–Crippen MR) is 82.4 cm³/mol. The SMILES string of the molecule is C=NCCC(CC)CC(CCCC)C1CCCC1. The highest BCUT2D eigenvalue weighted by Crippen LogP contribution is 2.38. The van der Waals surface area contributed by atoms with E-state index in [4.69, 9.17) is 0 Å². The van der Waals surface area contributed by atoms with Crippen LogP contribution in [0.4, 0.5) is 0 Å². The zero-order chi connectivity index (χ0) is 13.2. The van der Waals surface area contributed by atoms with Crippen LogP contribution in [0, 0.1) is 17.8 Å². The van der Waals surface area contributed by atoms with E-state index < -0.39 is 0 Å². The van der Waals surface area contributed by atoms with E-state index in [1.54, 1.807) is 0 Å². The summed E-state index contributed by atoms with van der Waals surface area (Å²) in [5.41, 5.74) is 0. The molecule has 0 aromatic heterocycles. The zero-order valence-corrected chi connectivity index (χ0v) is 12.7. The van der Waals surface area contributed by atoms with Crippen LogP contribution in [-0.4, -0.2) is 13.3 Å². The molecule has 0 bridgehead atoms. The van der Waals surface area contributed by atoms with Crippen molar-refractivity contribution in [1.29, 1.82) is 0 Å². The standard InChI is InChI=1S/C17H33N/c1-4-6-9-17(16-10-7-8-11-16)14-15(5-2)12-13-18-3/h15-17H,3-14H2,1-2H3. The average Bonchev–Trinajstić information content (AvgIpc) is 2.92. The maximum atomic E-state index is 4.04. The summed E-state index contributed by atoms with van der Waals surface area (Å²) >= 11 is 0. The molecule has 106 valence electrons. The lowest BCUT2D eigenvalue weighted by Crippen LogP contribution is -2.17. The lowest BCUT2D eigenvalue weighted by atomic mass is 9.79. The molecular weight excluding hydrogens is 218 g/mol. The van der Waals surface area contributed by atoms with Crippen LogP contribution in [0.5, 0.6) is 0 Å². The van der Waals surface area contributed by atoms with Gasteiger partial charge in [-0.1, -0.05) is 65.2 Å². The quantitative estimate of drug-likeness (QED) is 0.455. The second-order valence-electron chi connectivity index (χ2n) is 6.19. The highest BCUT2D eigenvalue weighted by atomic mass is 14.7. The Morgan fingerprint density at radius 1 is 1.17 bits per heavy atom. The summed E-state index contributed by atoms with van der Waals surface area (Å²) in [7, 11) is 0. The van der Waals surface area contributed by atoms with E-state index >= 15 is 0 Å². The molecule has 0 heterocycles. The first-order valence-corrected chi connectivity index (χ1v) is 8.24. The van der Waals surface area contributed by atoms with Crippen LogP contribution >= 0.6 is 0 Å². The van der Waals surface area contributed by atoms with Gasteiger partial charge in [0.15, 0.2) is 0 Å². The first-order valence-electron chi connectivity index (χ1n) is 8.24. The average molecular weight is 251 g/mol. The lowest BCUT2D eigenvalue weighted by Gasteiger charge is -2.27. The number of aliphatic imine (C=N–C) groups is 1. The number of unbranched alkanes of at least 4 members (excludes halogenated alkanes) is 1. The predicted octanol–water partition coefficient (Wildman–Crippen LogP) is 5.49. The van der Waals surface area contributed by atoms with Crippen molar-refractivity contribution in [1.82, 2.24) is 0 Å². The molecule has 0 aromatic carbocycles. The van der Waals surface area contributed by atoms with Crippen LogP contribution in [0.1, 0.15) is 78.1 Å². The molecule has 0 aromatic rings. The van der Waals surface area contributed by atoms with Crippen LogP contribution in [0.2, 0.25) is 0 Å². The Morgan fingerprint density at radius 2 is 1.89 bits per heavy atom. The van der Waals surface area contributed by atoms with Gasteiger partial charge < -0.3 is 4.99 Å². The van der Waals surface area contributed by atoms with Crippen molar-refractivity contribution in [3.8, 4) is 0 Å². The second-order valence-corrected chi connectivity index (χ2v) is 6.19. The Balaban J connectivity index is 2.43. The zero-order valence-electron chi connectivity index (χ0n) is 12.7. The minimum absolute atomic E-state index is 0.887. The third kappa shape index (κ3) is 5.54. The Bertz CT molecular complexity index is 206. The van der Waals surface area contributed by atoms with Gasteiger partial charge in [0.2, 0.25) is 0 Å². The first-order chi connectivity index (χ1) is 8.81. The van der Waals surface area contributed by atoms with Crippen molar-refractivity contribution >= 4 is 6.72 Å². The summed E-state index contributed by atoms with van der Waals surface area (Å²) in [5.74, 6) is 2.93. The molecular formula is C17H33N. The third-order valence-corrected chi connectivity index (χ3v) is 4.90. The second kappa shape index (κ2) is 9.58. The van der Waals surface area contributed by atoms with Gasteiger partial charge in [-0.25, -0.2) is 0 Å². The van der Waals surface area contributed by atoms with Gasteiger partial charge in [0, 0.05) is 6.54 Å². The largest absolute Gasteiger partial charge is 0.301 e. The van der Waals surface area contributed by atoms with Gasteiger partial charge in [-0.2, -0.15) is 0 Å². The molecule has 1 fully saturated rings. The van der Waals surface area contributed by atoms with Crippen LogP contribution in [-0.2, 0) is 0 Å². The molecule has 0 spiro atoms. The molecule has 1 nitrogen and oxygen atoms in total. The van der Waals surface area contributed by atoms with Gasteiger partial charge in [0.1, 0.15) is 0 Å². The van der Waals surface area contributed by atoms with Gasteiger partial charge in [-0.3, -0.25) is 0 Å². The van der Waals surface area contributed by atoms with Crippen molar-refractivity contribution in [2.24, 2.45) is 22.7 Å². The van der Waals surface area contributed by atoms with E-state index in [1.165, 1.54) is 64.2 Å². The molecule has 1 aliphatic carbocycles. The molecule has 2 unspecified atom stereocenters. The van der Waals surface area contributed by atoms with Crippen molar-refractivity contribution < 1.29 is 0 Å². The highest BCUT2D eigenvalue weighted by Gasteiger charge is 2.26. The van der Waals surface area contributed by atoms with Gasteiger partial charge in [0.05, 0.1) is 0 Å². The molecule has 1 saturated carbocycles. The number of hydrogen-bond acceptors (Lipinski definition) is 1. The normalized spacial score (nSPS) is 19.9. The summed E-state index contributed by atoms with van der Waals surface area (Å²) < 4.78 is 0. The summed E-state index contributed by atoms with van der Waals surface area (Å²) in [6, 6.07) is 0. The molecule has 1 aliphatic rings. The van der Waals surface area contributed by atoms with Crippen LogP contribution in [0.3, 0.4) is 0 Å². The fourth-order valence-corrected chi connectivity index (χ4v) is 3.63. The van der Waals surface area contributed by atoms with Crippen molar-refractivity contribution in [3.63, 3.8) is 0 Å². The molecule has 0 aliphatic heterocycles. The molecule has 0 saturated heterocycles. The molecule has 0 amide bonds. The van der Waals surface area contributed by atoms with Gasteiger partial charge in [-0.05, 0) is 37.3 Å². The summed E-state index contributed by atoms with van der Waals surface area (Å²) in [4.78, 5) is 4.04. The third-order valence-electron chi connectivity index (χ3n) is 4.90. The highest BCUT2D eigenvalue weighted by molar-refractivity contribution is 5.23. The number of rotatable bonds is 10. The molecule has 18 heavy (non-hydrogen) atoms. The molecule has 0 radical (unpaired) electrons. The summed E-state index contributed by atoms with van der Waals surface area (Å²) in [6.07, 6.45) is 14.3. The Morgan fingerprint density at radius 3 is 2.44 bits per heavy atom. The van der Waals surface area contributed by atoms with E-state index in [0.29, 0.717) is 0 Å². The van der Waals surface area contributed by atoms with Gasteiger partial charge in [-0.15, -0.1) is 0 Å². The Kier molecular flexibility index (Phi) is 8.37. The van der Waals surface area contributed by atoms with Gasteiger partial charge >= 0.3 is 0 Å². The summed E-state index contributed by atoms with van der Waals surface area (Å²) in [5, 5.41) is 0. The van der Waals surface area contributed by atoms with E-state index in [2.05, 4.69) is 25.6 Å². The van der Waals surface area contributed by atoms with E-state index in [1.807, 2.05) is 0 Å². The first kappa shape index (κ1) is 15.7. The van der Waals surface area contributed by atoms with E-state index in [0.717, 1.165) is 24.3 Å². The van der Waals surface area contributed by atoms with Crippen LogP contribution in [0.25, 0.3) is 0 Å². The van der Waals surface area contributed by atoms with Gasteiger partial charge in [0.25, 0.3) is 0 Å². The van der Waals surface area contributed by atoms with Crippen molar-refractivity contribution in [2.45, 2.75) is 78.1 Å². The lowest BCUT2D eigenvalue weighted by molar-refractivity contribution is 0.240. The maximum Gasteiger partial charge on any atom is 0.0384 e. The van der Waals surface area contributed by atoms with Crippen molar-refractivity contribution in [3.05, 3.63) is 0 Å². The maximum absolute atomic E-state index is 4.04. The molecule has 1 heteroatoms. The Hall–Kier alpha value is -0.330. The monoisotopic (exact) mass is 251 g/mol. The number of nitrogens with zero attached hydrogens (tertiary/aromatic N) is 1. The van der Waals surface area contributed by atoms with Crippen molar-refractivity contribution in [2.75, 3.05) is 6.54 Å². The number of hydrogen-bond donors (Lipinski definition) is 0. The Labute approximate surface area is 114 Å². The van der Waals surface area contributed by atoms with E-state index in [9.17, 15) is 0 Å². The molecule has 1 rings (SSSR count). The molecule has 0 N–H and O–H groups in total.